The van der Waals surface area contributed by atoms with Crippen LogP contribution in [-0.2, 0) is 11.3 Å². The van der Waals surface area contributed by atoms with Gasteiger partial charge in [0.2, 0.25) is 0 Å². The largest absolute Gasteiger partial charge is 0.375 e. The highest BCUT2D eigenvalue weighted by Gasteiger charge is 2.19. The van der Waals surface area contributed by atoms with Crippen LogP contribution in [0.15, 0.2) is 18.5 Å². The molecule has 4 nitrogen and oxygen atoms in total. The van der Waals surface area contributed by atoms with Gasteiger partial charge in [-0.15, -0.1) is 0 Å². The van der Waals surface area contributed by atoms with Crippen LogP contribution in [0.2, 0.25) is 0 Å². The Morgan fingerprint density at radius 2 is 2.26 bits per heavy atom. The third-order valence-corrected chi connectivity index (χ3v) is 3.27. The van der Waals surface area contributed by atoms with Gasteiger partial charge in [0.25, 0.3) is 0 Å². The van der Waals surface area contributed by atoms with E-state index in [4.69, 9.17) is 4.74 Å². The second-order valence-corrected chi connectivity index (χ2v) is 6.24. The zero-order chi connectivity index (χ0) is 13.9. The molecule has 4 heteroatoms. The molecule has 1 saturated heterocycles. The van der Waals surface area contributed by atoms with E-state index in [2.05, 4.69) is 49.0 Å². The summed E-state index contributed by atoms with van der Waals surface area (Å²) in [7, 11) is 0. The fourth-order valence-electron chi connectivity index (χ4n) is 2.26. The molecule has 0 amide bonds. The summed E-state index contributed by atoms with van der Waals surface area (Å²) in [6.45, 7) is 12.2. The van der Waals surface area contributed by atoms with Crippen molar-refractivity contribution in [1.29, 1.82) is 0 Å². The lowest BCUT2D eigenvalue weighted by Crippen LogP contribution is -2.42. The second-order valence-electron chi connectivity index (χ2n) is 6.24. The molecule has 1 unspecified atom stereocenters. The van der Waals surface area contributed by atoms with Crippen LogP contribution in [0.5, 0.6) is 0 Å². The Balaban J connectivity index is 2.11. The van der Waals surface area contributed by atoms with E-state index in [1.165, 1.54) is 11.3 Å². The summed E-state index contributed by atoms with van der Waals surface area (Å²) in [5, 5.41) is 3.53. The van der Waals surface area contributed by atoms with Crippen LogP contribution in [0.4, 0.5) is 5.69 Å². The molecule has 0 aliphatic carbocycles. The minimum Gasteiger partial charge on any atom is -0.375 e. The van der Waals surface area contributed by atoms with Crippen LogP contribution in [0.1, 0.15) is 33.3 Å². The zero-order valence-corrected chi connectivity index (χ0v) is 12.4. The number of rotatable bonds is 3. The number of morpholine rings is 1. The van der Waals surface area contributed by atoms with Crippen molar-refractivity contribution in [3.8, 4) is 0 Å². The summed E-state index contributed by atoms with van der Waals surface area (Å²) in [5.74, 6) is 0. The van der Waals surface area contributed by atoms with Crippen molar-refractivity contribution in [2.24, 2.45) is 0 Å². The maximum absolute atomic E-state index is 5.61. The van der Waals surface area contributed by atoms with Crippen LogP contribution in [-0.4, -0.2) is 36.3 Å². The van der Waals surface area contributed by atoms with Crippen molar-refractivity contribution in [3.63, 3.8) is 0 Å². The Morgan fingerprint density at radius 3 is 2.95 bits per heavy atom. The Bertz CT molecular complexity index is 414. The molecule has 2 heterocycles. The summed E-state index contributed by atoms with van der Waals surface area (Å²) < 4.78 is 5.61. The molecule has 0 bridgehead atoms. The van der Waals surface area contributed by atoms with Gasteiger partial charge in [-0.05, 0) is 33.8 Å². The lowest BCUT2D eigenvalue weighted by atomic mass is 10.1. The Kier molecular flexibility index (Phi) is 4.42. The first-order chi connectivity index (χ1) is 8.96. The second kappa shape index (κ2) is 5.88. The average molecular weight is 263 g/mol. The highest BCUT2D eigenvalue weighted by molar-refractivity contribution is 5.52. The number of nitrogens with zero attached hydrogens (tertiary/aromatic N) is 2. The van der Waals surface area contributed by atoms with Crippen LogP contribution in [0.25, 0.3) is 0 Å². The number of hydrogen-bond donors (Lipinski definition) is 1. The molecule has 106 valence electrons. The fourth-order valence-corrected chi connectivity index (χ4v) is 2.26. The lowest BCUT2D eigenvalue weighted by Gasteiger charge is -2.34. The van der Waals surface area contributed by atoms with Crippen molar-refractivity contribution in [2.75, 3.05) is 24.6 Å². The van der Waals surface area contributed by atoms with E-state index in [-0.39, 0.29) is 5.54 Å². The first-order valence-corrected chi connectivity index (χ1v) is 7.00. The molecule has 19 heavy (non-hydrogen) atoms. The van der Waals surface area contributed by atoms with E-state index in [0.29, 0.717) is 6.10 Å². The van der Waals surface area contributed by atoms with Crippen molar-refractivity contribution in [2.45, 2.75) is 45.9 Å². The van der Waals surface area contributed by atoms with Crippen molar-refractivity contribution < 1.29 is 4.74 Å². The molecule has 1 aliphatic rings. The van der Waals surface area contributed by atoms with E-state index in [9.17, 15) is 0 Å². The molecule has 0 saturated carbocycles. The average Bonchev–Trinajstić information content (AvgIpc) is 2.36. The van der Waals surface area contributed by atoms with Gasteiger partial charge in [-0.2, -0.15) is 0 Å². The van der Waals surface area contributed by atoms with Crippen molar-refractivity contribution in [3.05, 3.63) is 24.0 Å². The van der Waals surface area contributed by atoms with Crippen molar-refractivity contribution >= 4 is 5.69 Å². The molecule has 1 aromatic heterocycles. The molecule has 1 fully saturated rings. The summed E-state index contributed by atoms with van der Waals surface area (Å²) >= 11 is 0. The normalized spacial score (nSPS) is 20.6. The van der Waals surface area contributed by atoms with Crippen LogP contribution in [0.3, 0.4) is 0 Å². The summed E-state index contributed by atoms with van der Waals surface area (Å²) in [6, 6.07) is 2.11. The van der Waals surface area contributed by atoms with E-state index >= 15 is 0 Å². The highest BCUT2D eigenvalue weighted by atomic mass is 16.5. The lowest BCUT2D eigenvalue weighted by molar-refractivity contribution is 0.0531. The van der Waals surface area contributed by atoms with E-state index < -0.39 is 0 Å². The minimum absolute atomic E-state index is 0.116. The molecular weight excluding hydrogens is 238 g/mol. The SMILES string of the molecule is CC1CN(c2ccncc2CNC(C)(C)C)CCO1. The van der Waals surface area contributed by atoms with Gasteiger partial charge >= 0.3 is 0 Å². The third kappa shape index (κ3) is 4.18. The van der Waals surface area contributed by atoms with Gasteiger partial charge < -0.3 is 15.0 Å². The summed E-state index contributed by atoms with van der Waals surface area (Å²) in [6.07, 6.45) is 4.13. The molecule has 0 spiro atoms. The van der Waals surface area contributed by atoms with Gasteiger partial charge in [-0.1, -0.05) is 0 Å². The fraction of sp³-hybridized carbons (Fsp3) is 0.667. The van der Waals surface area contributed by atoms with Gasteiger partial charge in [0.15, 0.2) is 0 Å². The van der Waals surface area contributed by atoms with Crippen molar-refractivity contribution in [1.82, 2.24) is 10.3 Å². The first-order valence-electron chi connectivity index (χ1n) is 7.00. The van der Waals surface area contributed by atoms with Gasteiger partial charge in [-0.25, -0.2) is 0 Å². The van der Waals surface area contributed by atoms with Crippen LogP contribution in [0, 0.1) is 0 Å². The van der Waals surface area contributed by atoms with Gasteiger partial charge in [0.05, 0.1) is 12.7 Å². The smallest absolute Gasteiger partial charge is 0.0722 e. The van der Waals surface area contributed by atoms with Gasteiger partial charge in [-0.3, -0.25) is 4.98 Å². The van der Waals surface area contributed by atoms with E-state index in [0.717, 1.165) is 26.2 Å². The number of anilines is 1. The first kappa shape index (κ1) is 14.3. The minimum atomic E-state index is 0.116. The maximum atomic E-state index is 5.61. The van der Waals surface area contributed by atoms with E-state index in [1.807, 2.05) is 12.4 Å². The maximum Gasteiger partial charge on any atom is 0.0722 e. The summed E-state index contributed by atoms with van der Waals surface area (Å²) in [4.78, 5) is 6.66. The van der Waals surface area contributed by atoms with Crippen LogP contribution < -0.4 is 10.2 Å². The molecule has 1 atom stereocenters. The van der Waals surface area contributed by atoms with Gasteiger partial charge in [0.1, 0.15) is 0 Å². The number of aromatic nitrogens is 1. The number of hydrogen-bond acceptors (Lipinski definition) is 4. The molecule has 1 N–H and O–H groups in total. The monoisotopic (exact) mass is 263 g/mol. The number of ether oxygens (including phenoxy) is 1. The molecule has 0 aromatic carbocycles. The predicted molar refractivity (Wildman–Crippen MR) is 78.5 cm³/mol. The Morgan fingerprint density at radius 1 is 1.47 bits per heavy atom. The molecule has 1 aromatic rings. The standard InChI is InChI=1S/C15H25N3O/c1-12-11-18(7-8-19-12)14-5-6-16-9-13(14)10-17-15(2,3)4/h5-6,9,12,17H,7-8,10-11H2,1-4H3. The third-order valence-electron chi connectivity index (χ3n) is 3.27. The zero-order valence-electron chi connectivity index (χ0n) is 12.4. The van der Waals surface area contributed by atoms with Crippen LogP contribution >= 0.6 is 0 Å². The predicted octanol–water partition coefficient (Wildman–Crippen LogP) is 2.19. The molecular formula is C15H25N3O. The molecule has 2 rings (SSSR count). The Hall–Kier alpha value is -1.13. The quantitative estimate of drug-likeness (QED) is 0.907. The molecule has 1 aliphatic heterocycles. The Labute approximate surface area is 116 Å². The number of nitrogens with one attached hydrogen (secondary N) is 1. The highest BCUT2D eigenvalue weighted by Crippen LogP contribution is 2.22. The van der Waals surface area contributed by atoms with Gasteiger partial charge in [0, 0.05) is 48.8 Å². The van der Waals surface area contributed by atoms with E-state index in [1.54, 1.807) is 0 Å². The summed E-state index contributed by atoms with van der Waals surface area (Å²) in [5.41, 5.74) is 2.65. The molecule has 0 radical (unpaired) electrons. The number of pyridine rings is 1. The topological polar surface area (TPSA) is 37.4 Å².